The van der Waals surface area contributed by atoms with Crippen molar-refractivity contribution in [3.63, 3.8) is 0 Å². The van der Waals surface area contributed by atoms with Gasteiger partial charge in [0.1, 0.15) is 5.78 Å². The molecule has 1 rings (SSSR count). The van der Waals surface area contributed by atoms with E-state index in [1.54, 1.807) is 0 Å². The summed E-state index contributed by atoms with van der Waals surface area (Å²) >= 11 is 0. The van der Waals surface area contributed by atoms with Gasteiger partial charge in [0.2, 0.25) is 0 Å². The Morgan fingerprint density at radius 3 is 2.36 bits per heavy atom. The standard InChI is InChI=1S/C6H10O.C6H14O/c1-5-3-2-4-6(5)7;1-2-3-4-5-6-7/h5H,2-4H2,1H3;7H,2-6H2,1H3. The monoisotopic (exact) mass is 200 g/mol. The van der Waals surface area contributed by atoms with Crippen LogP contribution in [0.15, 0.2) is 0 Å². The van der Waals surface area contributed by atoms with Crippen LogP contribution in [0.3, 0.4) is 0 Å². The van der Waals surface area contributed by atoms with E-state index < -0.39 is 0 Å². The van der Waals surface area contributed by atoms with Gasteiger partial charge in [0.25, 0.3) is 0 Å². The number of hydrogen-bond acceptors (Lipinski definition) is 2. The number of carbonyl (C=O) groups excluding carboxylic acids is 1. The summed E-state index contributed by atoms with van der Waals surface area (Å²) in [4.78, 5) is 10.6. The zero-order chi connectivity index (χ0) is 10.8. The third-order valence-electron chi connectivity index (χ3n) is 2.62. The average molecular weight is 200 g/mol. The zero-order valence-electron chi connectivity index (χ0n) is 9.59. The first kappa shape index (κ1) is 13.6. The molecule has 1 aliphatic rings. The van der Waals surface area contributed by atoms with Crippen LogP contribution >= 0.6 is 0 Å². The van der Waals surface area contributed by atoms with Crippen LogP contribution in [-0.4, -0.2) is 17.5 Å². The molecule has 0 aliphatic heterocycles. The first-order valence-corrected chi connectivity index (χ1v) is 5.86. The van der Waals surface area contributed by atoms with Gasteiger partial charge >= 0.3 is 0 Å². The molecule has 0 heterocycles. The maximum atomic E-state index is 10.6. The molecule has 14 heavy (non-hydrogen) atoms. The van der Waals surface area contributed by atoms with Crippen LogP contribution in [0.5, 0.6) is 0 Å². The van der Waals surface area contributed by atoms with Crippen molar-refractivity contribution in [1.82, 2.24) is 0 Å². The van der Waals surface area contributed by atoms with Crippen molar-refractivity contribution in [3.05, 3.63) is 0 Å². The third-order valence-corrected chi connectivity index (χ3v) is 2.62. The molecule has 1 N–H and O–H groups in total. The van der Waals surface area contributed by atoms with Gasteiger partial charge in [-0.15, -0.1) is 0 Å². The molecule has 0 saturated heterocycles. The van der Waals surface area contributed by atoms with Gasteiger partial charge in [0.05, 0.1) is 0 Å². The van der Waals surface area contributed by atoms with Gasteiger partial charge in [-0.2, -0.15) is 0 Å². The third kappa shape index (κ3) is 7.07. The van der Waals surface area contributed by atoms with Crippen LogP contribution in [0.4, 0.5) is 0 Å². The molecule has 0 amide bonds. The molecule has 0 radical (unpaired) electrons. The smallest absolute Gasteiger partial charge is 0.135 e. The number of aliphatic hydroxyl groups excluding tert-OH is 1. The quantitative estimate of drug-likeness (QED) is 0.708. The van der Waals surface area contributed by atoms with Crippen LogP contribution in [0.2, 0.25) is 0 Å². The highest BCUT2D eigenvalue weighted by Crippen LogP contribution is 2.19. The van der Waals surface area contributed by atoms with Crippen LogP contribution < -0.4 is 0 Å². The Bertz CT molecular complexity index is 139. The Hall–Kier alpha value is -0.370. The molecule has 1 aliphatic carbocycles. The molecule has 1 saturated carbocycles. The largest absolute Gasteiger partial charge is 0.396 e. The fraction of sp³-hybridized carbons (Fsp3) is 0.917. The van der Waals surface area contributed by atoms with Crippen molar-refractivity contribution < 1.29 is 9.90 Å². The summed E-state index contributed by atoms with van der Waals surface area (Å²) in [5, 5.41) is 8.29. The summed E-state index contributed by atoms with van der Waals surface area (Å²) in [6, 6.07) is 0. The van der Waals surface area contributed by atoms with Gasteiger partial charge in [-0.25, -0.2) is 0 Å². The minimum absolute atomic E-state index is 0.361. The van der Waals surface area contributed by atoms with Gasteiger partial charge in [0, 0.05) is 18.9 Å². The topological polar surface area (TPSA) is 37.3 Å². The number of unbranched alkanes of at least 4 members (excludes halogenated alkanes) is 3. The fourth-order valence-electron chi connectivity index (χ4n) is 1.53. The zero-order valence-corrected chi connectivity index (χ0v) is 9.59. The first-order valence-electron chi connectivity index (χ1n) is 5.86. The minimum Gasteiger partial charge on any atom is -0.396 e. The Labute approximate surface area is 87.7 Å². The van der Waals surface area contributed by atoms with Crippen molar-refractivity contribution in [2.45, 2.75) is 58.8 Å². The summed E-state index contributed by atoms with van der Waals surface area (Å²) in [6.45, 7) is 4.53. The Morgan fingerprint density at radius 1 is 1.36 bits per heavy atom. The van der Waals surface area contributed by atoms with E-state index in [0.717, 1.165) is 25.7 Å². The lowest BCUT2D eigenvalue weighted by Gasteiger charge is -1.91. The number of Topliss-reactive ketones (excluding diaryl/α,β-unsaturated/α-hetero) is 1. The van der Waals surface area contributed by atoms with Gasteiger partial charge in [-0.1, -0.05) is 33.1 Å². The molecule has 1 unspecified atom stereocenters. The lowest BCUT2D eigenvalue weighted by molar-refractivity contribution is -0.120. The number of carbonyl (C=O) groups is 1. The molecule has 84 valence electrons. The Morgan fingerprint density at radius 2 is 2.07 bits per heavy atom. The van der Waals surface area contributed by atoms with Crippen molar-refractivity contribution in [2.75, 3.05) is 6.61 Å². The highest BCUT2D eigenvalue weighted by Gasteiger charge is 2.18. The molecule has 2 nitrogen and oxygen atoms in total. The first-order chi connectivity index (χ1) is 6.72. The molecular weight excluding hydrogens is 176 g/mol. The van der Waals surface area contributed by atoms with E-state index in [-0.39, 0.29) is 0 Å². The van der Waals surface area contributed by atoms with E-state index in [2.05, 4.69) is 6.92 Å². The highest BCUT2D eigenvalue weighted by molar-refractivity contribution is 5.82. The molecule has 0 spiro atoms. The summed E-state index contributed by atoms with van der Waals surface area (Å²) in [5.41, 5.74) is 0. The maximum Gasteiger partial charge on any atom is 0.135 e. The van der Waals surface area contributed by atoms with E-state index >= 15 is 0 Å². The maximum absolute atomic E-state index is 10.6. The number of hydrogen-bond donors (Lipinski definition) is 1. The van der Waals surface area contributed by atoms with E-state index in [4.69, 9.17) is 5.11 Å². The van der Waals surface area contributed by atoms with Gasteiger partial charge < -0.3 is 5.11 Å². The normalized spacial score (nSPS) is 20.5. The molecule has 0 aromatic rings. The van der Waals surface area contributed by atoms with Gasteiger partial charge in [0.15, 0.2) is 0 Å². The van der Waals surface area contributed by atoms with E-state index in [9.17, 15) is 4.79 Å². The predicted molar refractivity (Wildman–Crippen MR) is 59.2 cm³/mol. The van der Waals surface area contributed by atoms with Gasteiger partial charge in [-0.3, -0.25) is 4.79 Å². The Balaban J connectivity index is 0.000000241. The fourth-order valence-corrected chi connectivity index (χ4v) is 1.53. The van der Waals surface area contributed by atoms with Crippen molar-refractivity contribution in [3.8, 4) is 0 Å². The van der Waals surface area contributed by atoms with Crippen molar-refractivity contribution >= 4 is 5.78 Å². The second-order valence-electron chi connectivity index (χ2n) is 4.04. The summed E-state index contributed by atoms with van der Waals surface area (Å²) in [7, 11) is 0. The molecular formula is C12H24O2. The van der Waals surface area contributed by atoms with Crippen LogP contribution in [0.1, 0.15) is 58.8 Å². The van der Waals surface area contributed by atoms with E-state index in [1.807, 2.05) is 6.92 Å². The second-order valence-corrected chi connectivity index (χ2v) is 4.04. The number of aliphatic hydroxyl groups is 1. The lowest BCUT2D eigenvalue weighted by atomic mass is 10.1. The Kier molecular flexibility index (Phi) is 8.95. The lowest BCUT2D eigenvalue weighted by Crippen LogP contribution is -1.98. The minimum atomic E-state index is 0.361. The van der Waals surface area contributed by atoms with E-state index in [1.165, 1.54) is 19.3 Å². The van der Waals surface area contributed by atoms with Crippen LogP contribution in [0, 0.1) is 5.92 Å². The molecule has 1 atom stereocenters. The molecule has 0 aromatic carbocycles. The molecule has 0 aromatic heterocycles. The SMILES string of the molecule is CC1CCCC1=O.CCCCCCO. The highest BCUT2D eigenvalue weighted by atomic mass is 16.2. The average Bonchev–Trinajstić information content (AvgIpc) is 2.53. The van der Waals surface area contributed by atoms with Crippen molar-refractivity contribution in [1.29, 1.82) is 0 Å². The van der Waals surface area contributed by atoms with Crippen molar-refractivity contribution in [2.24, 2.45) is 5.92 Å². The second kappa shape index (κ2) is 9.20. The molecule has 0 bridgehead atoms. The number of ketones is 1. The van der Waals surface area contributed by atoms with Gasteiger partial charge in [-0.05, 0) is 19.3 Å². The van der Waals surface area contributed by atoms with E-state index in [0.29, 0.717) is 18.3 Å². The van der Waals surface area contributed by atoms with Crippen LogP contribution in [0.25, 0.3) is 0 Å². The molecule has 1 fully saturated rings. The van der Waals surface area contributed by atoms with Crippen LogP contribution in [-0.2, 0) is 4.79 Å². The summed E-state index contributed by atoms with van der Waals surface area (Å²) in [6.07, 6.45) is 7.77. The number of rotatable bonds is 4. The summed E-state index contributed by atoms with van der Waals surface area (Å²) in [5.74, 6) is 0.833. The summed E-state index contributed by atoms with van der Waals surface area (Å²) < 4.78 is 0. The predicted octanol–water partition coefficient (Wildman–Crippen LogP) is 2.93. The molecule has 2 heteroatoms.